The lowest BCUT2D eigenvalue weighted by atomic mass is 9.98. The fraction of sp³-hybridized carbons (Fsp3) is 0.417. The van der Waals surface area contributed by atoms with Gasteiger partial charge in [0, 0.05) is 0 Å². The first kappa shape index (κ1) is 33.3. The van der Waals surface area contributed by atoms with Crippen LogP contribution in [0.5, 0.6) is 17.2 Å². The normalized spacial score (nSPS) is 24.4. The number of ether oxygens (including phenoxy) is 9. The van der Waals surface area contributed by atoms with Gasteiger partial charge >= 0.3 is 0 Å². The third kappa shape index (κ3) is 8.00. The molecule has 2 aliphatic heterocycles. The zero-order valence-electron chi connectivity index (χ0n) is 27.1. The summed E-state index contributed by atoms with van der Waals surface area (Å²) in [6, 6.07) is 22.9. The molecule has 2 heterocycles. The number of carbonyl (C=O) groups excluding carboxylic acids is 1. The molecule has 246 valence electrons. The number of carbonyl (C=O) groups is 1. The van der Waals surface area contributed by atoms with Gasteiger partial charge in [0.25, 0.3) is 0 Å². The average molecular weight is 635 g/mol. The van der Waals surface area contributed by atoms with E-state index in [1.807, 2.05) is 79.7 Å². The molecule has 0 radical (unpaired) electrons. The summed E-state index contributed by atoms with van der Waals surface area (Å²) in [5.41, 5.74) is 2.80. The lowest BCUT2D eigenvalue weighted by molar-refractivity contribution is -0.311. The van der Waals surface area contributed by atoms with Crippen LogP contribution in [0.25, 0.3) is 0 Å². The van der Waals surface area contributed by atoms with Crippen LogP contribution in [0, 0.1) is 0 Å². The monoisotopic (exact) mass is 634 g/mol. The van der Waals surface area contributed by atoms with Crippen molar-refractivity contribution in [1.82, 2.24) is 0 Å². The van der Waals surface area contributed by atoms with Crippen LogP contribution in [0.15, 0.2) is 84.3 Å². The summed E-state index contributed by atoms with van der Waals surface area (Å²) in [4.78, 5) is 12.9. The molecule has 46 heavy (non-hydrogen) atoms. The minimum Gasteiger partial charge on any atom is -0.497 e. The summed E-state index contributed by atoms with van der Waals surface area (Å²) >= 11 is 0. The first-order valence-corrected chi connectivity index (χ1v) is 15.3. The van der Waals surface area contributed by atoms with Crippen molar-refractivity contribution in [3.05, 3.63) is 101 Å². The van der Waals surface area contributed by atoms with Crippen molar-refractivity contribution in [2.45, 2.75) is 77.4 Å². The smallest absolute Gasteiger partial charge is 0.241 e. The predicted molar refractivity (Wildman–Crippen MR) is 168 cm³/mol. The van der Waals surface area contributed by atoms with E-state index in [4.69, 9.17) is 42.6 Å². The summed E-state index contributed by atoms with van der Waals surface area (Å²) in [6.07, 6.45) is -4.11. The minimum absolute atomic E-state index is 0.120. The number of benzene rings is 3. The molecule has 10 heteroatoms. The molecular weight excluding hydrogens is 592 g/mol. The van der Waals surface area contributed by atoms with E-state index in [0.717, 1.165) is 33.9 Å². The van der Waals surface area contributed by atoms with Crippen LogP contribution in [0.4, 0.5) is 0 Å². The first-order chi connectivity index (χ1) is 22.3. The van der Waals surface area contributed by atoms with E-state index in [1.54, 1.807) is 35.2 Å². The van der Waals surface area contributed by atoms with Crippen molar-refractivity contribution >= 4 is 5.78 Å². The van der Waals surface area contributed by atoms with Crippen LogP contribution in [-0.4, -0.2) is 63.9 Å². The van der Waals surface area contributed by atoms with Gasteiger partial charge in [0.15, 0.2) is 6.10 Å². The van der Waals surface area contributed by atoms with Gasteiger partial charge in [-0.25, -0.2) is 0 Å². The van der Waals surface area contributed by atoms with Gasteiger partial charge in [-0.3, -0.25) is 4.79 Å². The molecule has 0 bridgehead atoms. The highest BCUT2D eigenvalue weighted by Gasteiger charge is 2.49. The molecule has 1 fully saturated rings. The zero-order valence-corrected chi connectivity index (χ0v) is 27.1. The van der Waals surface area contributed by atoms with Gasteiger partial charge in [0.2, 0.25) is 17.8 Å². The standard InChI is InChI=1S/C36H42O10/c1-22-31(37)32(23(2)44-22)46-36-35(43-21-27-11-17-30(40-6)18-12-27)34(42-20-26-9-15-29(39-5)16-10-26)33(24(3)45-36)41-19-25-7-13-28(38-4)14-8-25/h7-18,22,24,33-36H,19-21H2,1-6H3/t22?,24-,33+,34+,35-,36-/m0/s1. The Balaban J connectivity index is 1.43. The number of rotatable bonds is 14. The van der Waals surface area contributed by atoms with Gasteiger partial charge in [-0.05, 0) is 73.9 Å². The van der Waals surface area contributed by atoms with E-state index in [0.29, 0.717) is 12.4 Å². The van der Waals surface area contributed by atoms with Crippen LogP contribution in [0.1, 0.15) is 37.5 Å². The van der Waals surface area contributed by atoms with E-state index in [-0.39, 0.29) is 24.8 Å². The van der Waals surface area contributed by atoms with Gasteiger partial charge in [0.1, 0.15) is 41.3 Å². The molecule has 3 aromatic carbocycles. The van der Waals surface area contributed by atoms with Crippen molar-refractivity contribution in [2.24, 2.45) is 0 Å². The molecule has 0 saturated carbocycles. The third-order valence-corrected chi connectivity index (χ3v) is 8.03. The summed E-state index contributed by atoms with van der Waals surface area (Å²) < 4.78 is 54.0. The van der Waals surface area contributed by atoms with Gasteiger partial charge in [-0.2, -0.15) is 0 Å². The van der Waals surface area contributed by atoms with Crippen molar-refractivity contribution in [1.29, 1.82) is 0 Å². The molecule has 5 rings (SSSR count). The molecule has 6 atom stereocenters. The summed E-state index contributed by atoms with van der Waals surface area (Å²) in [5, 5.41) is 0. The zero-order chi connectivity index (χ0) is 32.6. The second kappa shape index (κ2) is 15.5. The van der Waals surface area contributed by atoms with E-state index >= 15 is 0 Å². The van der Waals surface area contributed by atoms with Gasteiger partial charge in [0.05, 0.1) is 47.3 Å². The average Bonchev–Trinajstić information content (AvgIpc) is 3.32. The minimum atomic E-state index is -0.988. The lowest BCUT2D eigenvalue weighted by Gasteiger charge is -2.45. The molecule has 0 amide bonds. The Labute approximate surface area is 270 Å². The number of methoxy groups -OCH3 is 3. The second-order valence-corrected chi connectivity index (χ2v) is 11.2. The maximum absolute atomic E-state index is 12.9. The van der Waals surface area contributed by atoms with Gasteiger partial charge in [-0.15, -0.1) is 0 Å². The fourth-order valence-corrected chi connectivity index (χ4v) is 5.39. The fourth-order valence-electron chi connectivity index (χ4n) is 5.39. The molecule has 0 spiro atoms. The van der Waals surface area contributed by atoms with Crippen LogP contribution in [0.2, 0.25) is 0 Å². The van der Waals surface area contributed by atoms with Crippen LogP contribution in [-0.2, 0) is 53.0 Å². The Morgan fingerprint density at radius 3 is 1.41 bits per heavy atom. The van der Waals surface area contributed by atoms with Crippen molar-refractivity contribution in [2.75, 3.05) is 21.3 Å². The topological polar surface area (TPSA) is 100 Å². The Bertz CT molecular complexity index is 1450. The van der Waals surface area contributed by atoms with Crippen molar-refractivity contribution < 1.29 is 47.4 Å². The van der Waals surface area contributed by atoms with E-state index in [9.17, 15) is 4.79 Å². The first-order valence-electron chi connectivity index (χ1n) is 15.3. The summed E-state index contributed by atoms with van der Waals surface area (Å²) in [6.45, 7) is 6.08. The maximum atomic E-state index is 12.9. The van der Waals surface area contributed by atoms with Gasteiger partial charge < -0.3 is 42.6 Å². The highest BCUT2D eigenvalue weighted by molar-refractivity contribution is 5.99. The predicted octanol–water partition coefficient (Wildman–Crippen LogP) is 5.75. The Morgan fingerprint density at radius 2 is 1.02 bits per heavy atom. The Hall–Kier alpha value is -4.09. The molecule has 0 N–H and O–H groups in total. The number of Topliss-reactive ketones (excluding diaryl/α,β-unsaturated/α-hetero) is 1. The quantitative estimate of drug-likeness (QED) is 0.218. The number of hydrogen-bond donors (Lipinski definition) is 0. The molecule has 0 aromatic heterocycles. The van der Waals surface area contributed by atoms with Crippen LogP contribution >= 0.6 is 0 Å². The van der Waals surface area contributed by atoms with E-state index < -0.39 is 36.8 Å². The van der Waals surface area contributed by atoms with Crippen LogP contribution in [0.3, 0.4) is 0 Å². The molecule has 0 aliphatic carbocycles. The largest absolute Gasteiger partial charge is 0.497 e. The third-order valence-electron chi connectivity index (χ3n) is 8.03. The Morgan fingerprint density at radius 1 is 0.609 bits per heavy atom. The number of allylic oxidation sites excluding steroid dienone is 1. The molecule has 1 unspecified atom stereocenters. The second-order valence-electron chi connectivity index (χ2n) is 11.2. The number of ketones is 1. The molecule has 3 aromatic rings. The maximum Gasteiger partial charge on any atom is 0.241 e. The van der Waals surface area contributed by atoms with Crippen LogP contribution < -0.4 is 14.2 Å². The number of hydrogen-bond acceptors (Lipinski definition) is 10. The molecule has 1 saturated heterocycles. The lowest BCUT2D eigenvalue weighted by Crippen LogP contribution is -2.60. The van der Waals surface area contributed by atoms with Crippen molar-refractivity contribution in [3.8, 4) is 17.2 Å². The summed E-state index contributed by atoms with van der Waals surface area (Å²) in [5.74, 6) is 2.51. The SMILES string of the molecule is COc1ccc(CO[C@H]2[C@H](OCc3ccc(OC)cc3)[C@H](OC3=C(C)OC(C)C3=O)O[C@@H](C)[C@H]2OCc2ccc(OC)cc2)cc1. The Kier molecular flexibility index (Phi) is 11.2. The molecule has 10 nitrogen and oxygen atoms in total. The highest BCUT2D eigenvalue weighted by atomic mass is 16.7. The summed E-state index contributed by atoms with van der Waals surface area (Å²) in [7, 11) is 4.88. The van der Waals surface area contributed by atoms with E-state index in [2.05, 4.69) is 0 Å². The molecule has 2 aliphatic rings. The highest BCUT2D eigenvalue weighted by Crippen LogP contribution is 2.34. The molecular formula is C36H42O10. The van der Waals surface area contributed by atoms with Gasteiger partial charge in [-0.1, -0.05) is 36.4 Å². The van der Waals surface area contributed by atoms with E-state index in [1.165, 1.54) is 0 Å². The van der Waals surface area contributed by atoms with Crippen molar-refractivity contribution in [3.63, 3.8) is 0 Å².